The van der Waals surface area contributed by atoms with Gasteiger partial charge in [-0.1, -0.05) is 32.0 Å². The summed E-state index contributed by atoms with van der Waals surface area (Å²) in [6.45, 7) is 5.36. The van der Waals surface area contributed by atoms with Crippen LogP contribution in [0.25, 0.3) is 11.3 Å². The molecule has 1 aromatic carbocycles. The van der Waals surface area contributed by atoms with Crippen molar-refractivity contribution in [1.29, 1.82) is 0 Å². The SMILES string of the molecule is CC(C)(C(=O)NC(N)=O)[C@@H]1c2ccc(-c3ccc(N4CCCCC4)nc3)nc2Oc2c(F)cccc21. The van der Waals surface area contributed by atoms with Crippen molar-refractivity contribution in [2.45, 2.75) is 39.0 Å². The molecule has 2 aliphatic heterocycles. The van der Waals surface area contributed by atoms with Gasteiger partial charge in [0.25, 0.3) is 0 Å². The van der Waals surface area contributed by atoms with Crippen LogP contribution in [0.5, 0.6) is 11.6 Å². The number of fused-ring (bicyclic) bond motifs is 2. The van der Waals surface area contributed by atoms with Gasteiger partial charge in [0.1, 0.15) is 5.82 Å². The van der Waals surface area contributed by atoms with E-state index >= 15 is 0 Å². The Hall–Kier alpha value is -4.01. The molecule has 0 saturated carbocycles. The second-order valence-corrected chi connectivity index (χ2v) is 9.78. The number of urea groups is 1. The lowest BCUT2D eigenvalue weighted by Gasteiger charge is -2.37. The van der Waals surface area contributed by atoms with Gasteiger partial charge in [-0.25, -0.2) is 19.2 Å². The van der Waals surface area contributed by atoms with Crippen molar-refractivity contribution in [2.75, 3.05) is 18.0 Å². The number of benzene rings is 1. The quantitative estimate of drug-likeness (QED) is 0.548. The van der Waals surface area contributed by atoms with E-state index in [1.165, 1.54) is 25.3 Å². The maximum absolute atomic E-state index is 14.8. The number of rotatable bonds is 4. The number of pyridine rings is 2. The van der Waals surface area contributed by atoms with Gasteiger partial charge < -0.3 is 15.4 Å². The molecule has 4 heterocycles. The van der Waals surface area contributed by atoms with Crippen LogP contribution in [-0.2, 0) is 4.79 Å². The number of hydrogen-bond acceptors (Lipinski definition) is 6. The smallest absolute Gasteiger partial charge is 0.318 e. The molecule has 3 N–H and O–H groups in total. The molecule has 3 amide bonds. The van der Waals surface area contributed by atoms with Gasteiger partial charge in [-0.05, 0) is 43.5 Å². The summed E-state index contributed by atoms with van der Waals surface area (Å²) < 4.78 is 20.8. The molecule has 2 aromatic heterocycles. The minimum atomic E-state index is -1.17. The number of carbonyl (C=O) groups excluding carboxylic acids is 2. The number of primary amides is 1. The second kappa shape index (κ2) is 9.22. The number of ether oxygens (including phenoxy) is 1. The molecular weight excluding hydrogens is 461 g/mol. The lowest BCUT2D eigenvalue weighted by molar-refractivity contribution is -0.128. The average molecular weight is 490 g/mol. The van der Waals surface area contributed by atoms with E-state index in [0.29, 0.717) is 16.8 Å². The van der Waals surface area contributed by atoms with Crippen LogP contribution in [0, 0.1) is 11.2 Å². The predicted molar refractivity (Wildman–Crippen MR) is 133 cm³/mol. The van der Waals surface area contributed by atoms with Crippen molar-refractivity contribution in [2.24, 2.45) is 11.1 Å². The number of anilines is 1. The minimum Gasteiger partial charge on any atom is -0.435 e. The summed E-state index contributed by atoms with van der Waals surface area (Å²) >= 11 is 0. The van der Waals surface area contributed by atoms with Crippen molar-refractivity contribution in [3.05, 3.63) is 65.6 Å². The number of aromatic nitrogens is 2. The lowest BCUT2D eigenvalue weighted by Crippen LogP contribution is -2.46. The number of nitrogens with one attached hydrogen (secondary N) is 1. The number of imide groups is 1. The molecule has 8 nitrogen and oxygen atoms in total. The van der Waals surface area contributed by atoms with Gasteiger partial charge in [-0.15, -0.1) is 0 Å². The van der Waals surface area contributed by atoms with Gasteiger partial charge in [0.15, 0.2) is 11.6 Å². The van der Waals surface area contributed by atoms with E-state index < -0.39 is 29.1 Å². The molecule has 1 saturated heterocycles. The normalized spacial score (nSPS) is 17.0. The minimum absolute atomic E-state index is 0.0122. The highest BCUT2D eigenvalue weighted by molar-refractivity contribution is 5.97. The van der Waals surface area contributed by atoms with Gasteiger partial charge in [0.05, 0.1) is 11.1 Å². The van der Waals surface area contributed by atoms with Crippen LogP contribution in [-0.4, -0.2) is 35.0 Å². The number of para-hydroxylation sites is 1. The molecule has 0 radical (unpaired) electrons. The standard InChI is InChI=1S/C27H28FN5O3/c1-27(2,25(34)32-26(29)35)22-17-7-6-8-19(28)23(17)36-24-18(22)10-11-20(31-24)16-9-12-21(30-15-16)33-13-4-3-5-14-33/h6-12,15,22H,3-5,13-14H2,1-2H3,(H3,29,32,34,35)/t22-/m0/s1. The summed E-state index contributed by atoms with van der Waals surface area (Å²) in [5.74, 6) is -0.620. The molecule has 1 fully saturated rings. The fourth-order valence-corrected chi connectivity index (χ4v) is 5.07. The van der Waals surface area contributed by atoms with Crippen LogP contribution in [0.1, 0.15) is 50.2 Å². The Morgan fingerprint density at radius 1 is 1.08 bits per heavy atom. The lowest BCUT2D eigenvalue weighted by atomic mass is 9.69. The first kappa shape index (κ1) is 23.7. The van der Waals surface area contributed by atoms with Gasteiger partial charge >= 0.3 is 6.03 Å². The zero-order valence-electron chi connectivity index (χ0n) is 20.3. The number of nitrogens with zero attached hydrogens (tertiary/aromatic N) is 3. The van der Waals surface area contributed by atoms with E-state index in [1.807, 2.05) is 24.3 Å². The Kier molecular flexibility index (Phi) is 6.07. The van der Waals surface area contributed by atoms with Crippen LogP contribution in [0.15, 0.2) is 48.7 Å². The van der Waals surface area contributed by atoms with Gasteiger partial charge in [0, 0.05) is 41.9 Å². The molecule has 186 valence electrons. The highest BCUT2D eigenvalue weighted by atomic mass is 19.1. The molecule has 2 aliphatic rings. The maximum Gasteiger partial charge on any atom is 0.318 e. The number of piperidine rings is 1. The Morgan fingerprint density at radius 3 is 2.56 bits per heavy atom. The third kappa shape index (κ3) is 4.25. The number of amides is 3. The number of hydrogen-bond donors (Lipinski definition) is 2. The van der Waals surface area contributed by atoms with Crippen molar-refractivity contribution in [3.8, 4) is 22.9 Å². The monoisotopic (exact) mass is 489 g/mol. The molecule has 0 spiro atoms. The van der Waals surface area contributed by atoms with Crippen LogP contribution in [0.4, 0.5) is 15.0 Å². The summed E-state index contributed by atoms with van der Waals surface area (Å²) in [7, 11) is 0. The Bertz CT molecular complexity index is 1320. The summed E-state index contributed by atoms with van der Waals surface area (Å²) in [4.78, 5) is 35.9. The number of nitrogens with two attached hydrogens (primary N) is 1. The molecule has 0 unspecified atom stereocenters. The molecule has 0 aliphatic carbocycles. The first-order chi connectivity index (χ1) is 17.3. The van der Waals surface area contributed by atoms with E-state index in [-0.39, 0.29) is 11.6 Å². The summed E-state index contributed by atoms with van der Waals surface area (Å²) in [6, 6.07) is 11.2. The molecular formula is C27H28FN5O3. The first-order valence-electron chi connectivity index (χ1n) is 12.0. The third-order valence-electron chi connectivity index (χ3n) is 6.98. The average Bonchev–Trinajstić information content (AvgIpc) is 2.87. The van der Waals surface area contributed by atoms with E-state index in [2.05, 4.69) is 20.2 Å². The Labute approximate surface area is 208 Å². The van der Waals surface area contributed by atoms with Crippen LogP contribution >= 0.6 is 0 Å². The highest BCUT2D eigenvalue weighted by Crippen LogP contribution is 2.52. The van der Waals surface area contributed by atoms with Gasteiger partial charge in [-0.2, -0.15) is 0 Å². The van der Waals surface area contributed by atoms with Crippen LogP contribution in [0.2, 0.25) is 0 Å². The summed E-state index contributed by atoms with van der Waals surface area (Å²) in [5.41, 5.74) is 6.54. The highest BCUT2D eigenvalue weighted by Gasteiger charge is 2.45. The van der Waals surface area contributed by atoms with Crippen molar-refractivity contribution in [3.63, 3.8) is 0 Å². The molecule has 0 bridgehead atoms. The van der Waals surface area contributed by atoms with Crippen LogP contribution in [0.3, 0.4) is 0 Å². The zero-order valence-corrected chi connectivity index (χ0v) is 20.3. The summed E-state index contributed by atoms with van der Waals surface area (Å²) in [5, 5.41) is 2.16. The van der Waals surface area contributed by atoms with Crippen molar-refractivity contribution in [1.82, 2.24) is 15.3 Å². The predicted octanol–water partition coefficient (Wildman–Crippen LogP) is 4.73. The topological polar surface area (TPSA) is 110 Å². The van der Waals surface area contributed by atoms with E-state index in [1.54, 1.807) is 32.2 Å². The number of carbonyl (C=O) groups is 2. The molecule has 3 aromatic rings. The van der Waals surface area contributed by atoms with Crippen molar-refractivity contribution >= 4 is 17.8 Å². The van der Waals surface area contributed by atoms with E-state index in [0.717, 1.165) is 24.5 Å². The van der Waals surface area contributed by atoms with Crippen molar-refractivity contribution < 1.29 is 18.7 Å². The zero-order chi connectivity index (χ0) is 25.4. The summed E-state index contributed by atoms with van der Waals surface area (Å²) in [6.07, 6.45) is 5.36. The second-order valence-electron chi connectivity index (χ2n) is 9.78. The van der Waals surface area contributed by atoms with E-state index in [4.69, 9.17) is 10.5 Å². The molecule has 36 heavy (non-hydrogen) atoms. The maximum atomic E-state index is 14.8. The fraction of sp³-hybridized carbons (Fsp3) is 0.333. The van der Waals surface area contributed by atoms with E-state index in [9.17, 15) is 14.0 Å². The molecule has 9 heteroatoms. The third-order valence-corrected chi connectivity index (χ3v) is 6.98. The molecule has 1 atom stereocenters. The fourth-order valence-electron chi connectivity index (χ4n) is 5.07. The number of halogens is 1. The van der Waals surface area contributed by atoms with Gasteiger partial charge in [0.2, 0.25) is 11.8 Å². The van der Waals surface area contributed by atoms with Gasteiger partial charge in [-0.3, -0.25) is 10.1 Å². The largest absolute Gasteiger partial charge is 0.435 e. The Balaban J connectivity index is 1.53. The van der Waals surface area contributed by atoms with Crippen LogP contribution < -0.4 is 20.7 Å². The molecule has 5 rings (SSSR count). The first-order valence-corrected chi connectivity index (χ1v) is 12.0. The Morgan fingerprint density at radius 2 is 1.86 bits per heavy atom.